The van der Waals surface area contributed by atoms with Gasteiger partial charge in [0.2, 0.25) is 0 Å². The number of rotatable bonds is 10. The largest absolute Gasteiger partial charge is 0.494 e. The zero-order chi connectivity index (χ0) is 16.3. The Balaban J connectivity index is 1.55. The van der Waals surface area contributed by atoms with Gasteiger partial charge in [-0.25, -0.2) is 4.39 Å². The number of benzene rings is 2. The van der Waals surface area contributed by atoms with E-state index in [1.807, 2.05) is 31.2 Å². The Kier molecular flexibility index (Phi) is 7.20. The van der Waals surface area contributed by atoms with Crippen molar-refractivity contribution in [1.29, 1.82) is 0 Å². The maximum Gasteiger partial charge on any atom is 0.123 e. The van der Waals surface area contributed by atoms with Crippen LogP contribution in [0, 0.1) is 5.82 Å². The van der Waals surface area contributed by atoms with Gasteiger partial charge in [0.1, 0.15) is 36.3 Å². The van der Waals surface area contributed by atoms with Gasteiger partial charge in [0.15, 0.2) is 0 Å². The molecular weight excluding hydrogens is 299 g/mol. The summed E-state index contributed by atoms with van der Waals surface area (Å²) in [6.07, 6.45) is 0. The Morgan fingerprint density at radius 2 is 1.35 bits per heavy atom. The first-order valence-corrected chi connectivity index (χ1v) is 7.59. The fourth-order valence-electron chi connectivity index (χ4n) is 1.89. The van der Waals surface area contributed by atoms with Crippen LogP contribution in [0.4, 0.5) is 4.39 Å². The molecule has 0 spiro atoms. The number of hydrogen-bond acceptors (Lipinski definition) is 4. The lowest BCUT2D eigenvalue weighted by Gasteiger charge is -2.09. The standard InChI is InChI=1S/C18H21FO4/c1-2-21-17-4-3-5-18(14-17)23-13-11-20-10-12-22-16-8-6-15(19)7-9-16/h3-9,14H,2,10-13H2,1H3. The molecule has 0 bridgehead atoms. The van der Waals surface area contributed by atoms with E-state index < -0.39 is 0 Å². The van der Waals surface area contributed by atoms with E-state index in [4.69, 9.17) is 18.9 Å². The molecule has 0 radical (unpaired) electrons. The average molecular weight is 320 g/mol. The van der Waals surface area contributed by atoms with Gasteiger partial charge in [-0.15, -0.1) is 0 Å². The van der Waals surface area contributed by atoms with E-state index in [0.29, 0.717) is 38.8 Å². The molecule has 2 rings (SSSR count). The fourth-order valence-corrected chi connectivity index (χ4v) is 1.89. The maximum atomic E-state index is 12.7. The van der Waals surface area contributed by atoms with Crippen LogP contribution in [0.1, 0.15) is 6.92 Å². The molecule has 0 heterocycles. The maximum absolute atomic E-state index is 12.7. The van der Waals surface area contributed by atoms with Crippen molar-refractivity contribution in [3.8, 4) is 17.2 Å². The molecule has 0 unspecified atom stereocenters. The van der Waals surface area contributed by atoms with Gasteiger partial charge in [-0.1, -0.05) is 6.07 Å². The molecule has 0 amide bonds. The van der Waals surface area contributed by atoms with E-state index in [1.165, 1.54) is 12.1 Å². The molecule has 0 aliphatic heterocycles. The molecule has 0 aromatic heterocycles. The van der Waals surface area contributed by atoms with Crippen LogP contribution in [0.5, 0.6) is 17.2 Å². The second-order valence-electron chi connectivity index (χ2n) is 4.67. The van der Waals surface area contributed by atoms with Gasteiger partial charge in [0, 0.05) is 6.07 Å². The van der Waals surface area contributed by atoms with Crippen molar-refractivity contribution in [2.75, 3.05) is 33.0 Å². The zero-order valence-electron chi connectivity index (χ0n) is 13.2. The molecule has 0 aliphatic rings. The minimum absolute atomic E-state index is 0.279. The fraction of sp³-hybridized carbons (Fsp3) is 0.333. The van der Waals surface area contributed by atoms with Crippen molar-refractivity contribution < 1.29 is 23.3 Å². The molecule has 124 valence electrons. The van der Waals surface area contributed by atoms with Crippen LogP contribution in [-0.2, 0) is 4.74 Å². The smallest absolute Gasteiger partial charge is 0.123 e. The van der Waals surface area contributed by atoms with Crippen LogP contribution in [0.2, 0.25) is 0 Å². The molecule has 0 fully saturated rings. The summed E-state index contributed by atoms with van der Waals surface area (Å²) in [5.41, 5.74) is 0. The van der Waals surface area contributed by atoms with Gasteiger partial charge in [0.25, 0.3) is 0 Å². The Hall–Kier alpha value is -2.27. The topological polar surface area (TPSA) is 36.9 Å². The second kappa shape index (κ2) is 9.69. The van der Waals surface area contributed by atoms with Crippen molar-refractivity contribution >= 4 is 0 Å². The zero-order valence-corrected chi connectivity index (χ0v) is 13.2. The molecule has 23 heavy (non-hydrogen) atoms. The molecule has 0 aliphatic carbocycles. The lowest BCUT2D eigenvalue weighted by atomic mass is 10.3. The highest BCUT2D eigenvalue weighted by Gasteiger charge is 1.98. The molecule has 2 aromatic carbocycles. The van der Waals surface area contributed by atoms with Crippen LogP contribution in [0.3, 0.4) is 0 Å². The van der Waals surface area contributed by atoms with Crippen LogP contribution in [-0.4, -0.2) is 33.0 Å². The predicted molar refractivity (Wildman–Crippen MR) is 85.8 cm³/mol. The molecule has 0 atom stereocenters. The summed E-state index contributed by atoms with van der Waals surface area (Å²) in [6, 6.07) is 13.4. The van der Waals surface area contributed by atoms with Gasteiger partial charge in [-0.05, 0) is 43.3 Å². The first-order chi connectivity index (χ1) is 11.3. The number of ether oxygens (including phenoxy) is 4. The summed E-state index contributed by atoms with van der Waals surface area (Å²) < 4.78 is 34.6. The monoisotopic (exact) mass is 320 g/mol. The first kappa shape index (κ1) is 17.1. The van der Waals surface area contributed by atoms with E-state index in [1.54, 1.807) is 12.1 Å². The van der Waals surface area contributed by atoms with Crippen molar-refractivity contribution in [3.05, 3.63) is 54.3 Å². The lowest BCUT2D eigenvalue weighted by Crippen LogP contribution is -2.12. The highest BCUT2D eigenvalue weighted by atomic mass is 19.1. The third-order valence-corrected chi connectivity index (χ3v) is 2.92. The number of hydrogen-bond donors (Lipinski definition) is 0. The van der Waals surface area contributed by atoms with E-state index in [0.717, 1.165) is 11.5 Å². The van der Waals surface area contributed by atoms with Crippen molar-refractivity contribution in [2.45, 2.75) is 6.92 Å². The second-order valence-corrected chi connectivity index (χ2v) is 4.67. The van der Waals surface area contributed by atoms with Gasteiger partial charge < -0.3 is 18.9 Å². The van der Waals surface area contributed by atoms with E-state index >= 15 is 0 Å². The summed E-state index contributed by atoms with van der Waals surface area (Å²) in [4.78, 5) is 0. The van der Waals surface area contributed by atoms with Gasteiger partial charge in [-0.3, -0.25) is 0 Å². The molecular formula is C18H21FO4. The third kappa shape index (κ3) is 6.57. The average Bonchev–Trinajstić information content (AvgIpc) is 2.56. The molecule has 0 N–H and O–H groups in total. The van der Waals surface area contributed by atoms with E-state index in [2.05, 4.69) is 0 Å². The Morgan fingerprint density at radius 1 is 0.739 bits per heavy atom. The van der Waals surface area contributed by atoms with Gasteiger partial charge >= 0.3 is 0 Å². The summed E-state index contributed by atoms with van der Waals surface area (Å²) in [7, 11) is 0. The predicted octanol–water partition coefficient (Wildman–Crippen LogP) is 3.70. The van der Waals surface area contributed by atoms with E-state index in [9.17, 15) is 4.39 Å². The molecule has 2 aromatic rings. The van der Waals surface area contributed by atoms with Gasteiger partial charge in [-0.2, -0.15) is 0 Å². The Morgan fingerprint density at radius 3 is 2.00 bits per heavy atom. The minimum Gasteiger partial charge on any atom is -0.494 e. The Labute approximate surface area is 135 Å². The molecule has 5 heteroatoms. The SMILES string of the molecule is CCOc1cccc(OCCOCCOc2ccc(F)cc2)c1. The van der Waals surface area contributed by atoms with Crippen LogP contribution in [0.25, 0.3) is 0 Å². The highest BCUT2D eigenvalue weighted by Crippen LogP contribution is 2.19. The van der Waals surface area contributed by atoms with Crippen LogP contribution in [0.15, 0.2) is 48.5 Å². The minimum atomic E-state index is -0.279. The Bertz CT molecular complexity index is 571. The molecule has 4 nitrogen and oxygen atoms in total. The van der Waals surface area contributed by atoms with Crippen LogP contribution < -0.4 is 14.2 Å². The normalized spacial score (nSPS) is 10.3. The van der Waals surface area contributed by atoms with E-state index in [-0.39, 0.29) is 5.82 Å². The third-order valence-electron chi connectivity index (χ3n) is 2.92. The summed E-state index contributed by atoms with van der Waals surface area (Å²) in [6.45, 7) is 4.33. The van der Waals surface area contributed by atoms with Gasteiger partial charge in [0.05, 0.1) is 19.8 Å². The summed E-state index contributed by atoms with van der Waals surface area (Å²) in [5.74, 6) is 1.89. The molecule has 0 saturated carbocycles. The highest BCUT2D eigenvalue weighted by molar-refractivity contribution is 5.32. The quantitative estimate of drug-likeness (QED) is 0.626. The molecule has 0 saturated heterocycles. The van der Waals surface area contributed by atoms with Crippen LogP contribution >= 0.6 is 0 Å². The van der Waals surface area contributed by atoms with Crippen molar-refractivity contribution in [1.82, 2.24) is 0 Å². The number of halogens is 1. The van der Waals surface area contributed by atoms with Crippen molar-refractivity contribution in [3.63, 3.8) is 0 Å². The van der Waals surface area contributed by atoms with Crippen molar-refractivity contribution in [2.24, 2.45) is 0 Å². The summed E-state index contributed by atoms with van der Waals surface area (Å²) >= 11 is 0. The lowest BCUT2D eigenvalue weighted by molar-refractivity contribution is 0.0763. The first-order valence-electron chi connectivity index (χ1n) is 7.59. The summed E-state index contributed by atoms with van der Waals surface area (Å²) in [5, 5.41) is 0.